The molecular formula is C19H18ClN5O2S. The van der Waals surface area contributed by atoms with Crippen molar-refractivity contribution < 1.29 is 9.59 Å². The lowest BCUT2D eigenvalue weighted by atomic mass is 10.2. The molecule has 0 saturated carbocycles. The number of imide groups is 1. The minimum absolute atomic E-state index is 0.0306. The molecule has 1 aromatic heterocycles. The first-order valence-electron chi connectivity index (χ1n) is 8.55. The Labute approximate surface area is 171 Å². The number of halogens is 1. The lowest BCUT2D eigenvalue weighted by Gasteiger charge is -2.09. The molecule has 0 aliphatic heterocycles. The molecule has 0 saturated heterocycles. The fourth-order valence-corrected chi connectivity index (χ4v) is 3.52. The van der Waals surface area contributed by atoms with Crippen LogP contribution in [0.15, 0.2) is 59.8 Å². The Balaban J connectivity index is 1.61. The van der Waals surface area contributed by atoms with Crippen LogP contribution in [-0.2, 0) is 11.3 Å². The molecule has 0 aliphatic rings. The number of carbonyl (C=O) groups excluding carboxylic acids is 2. The van der Waals surface area contributed by atoms with Gasteiger partial charge >= 0.3 is 6.03 Å². The van der Waals surface area contributed by atoms with E-state index >= 15 is 0 Å². The van der Waals surface area contributed by atoms with Crippen molar-refractivity contribution >= 4 is 41.0 Å². The minimum Gasteiger partial charge on any atom is -0.308 e. The molecule has 3 aromatic rings. The first-order chi connectivity index (χ1) is 13.6. The first-order valence-corrected chi connectivity index (χ1v) is 9.91. The van der Waals surface area contributed by atoms with Crippen molar-refractivity contribution in [2.75, 3.05) is 11.1 Å². The van der Waals surface area contributed by atoms with Crippen LogP contribution >= 0.6 is 23.4 Å². The number of para-hydroxylation sites is 1. The highest BCUT2D eigenvalue weighted by Gasteiger charge is 2.17. The summed E-state index contributed by atoms with van der Waals surface area (Å²) in [6.45, 7) is 2.58. The Bertz CT molecular complexity index is 977. The summed E-state index contributed by atoms with van der Waals surface area (Å²) in [4.78, 5) is 24.0. The lowest BCUT2D eigenvalue weighted by molar-refractivity contribution is -0.117. The van der Waals surface area contributed by atoms with Crippen LogP contribution in [0.3, 0.4) is 0 Å². The second-order valence-corrected chi connectivity index (χ2v) is 7.04. The number of aromatic nitrogens is 3. The maximum atomic E-state index is 12.1. The standard InChI is InChI=1S/C19H18ClN5O2S/c1-2-25-17(14-10-6-7-11-15(14)20)23-24-19(25)28-12-16(26)22-18(27)21-13-8-4-3-5-9-13/h3-11H,2,12H2,1H3,(H2,21,22,26,27). The number of nitrogens with zero attached hydrogens (tertiary/aromatic N) is 3. The van der Waals surface area contributed by atoms with Gasteiger partial charge in [-0.3, -0.25) is 10.1 Å². The SMILES string of the molecule is CCn1c(SCC(=O)NC(=O)Nc2ccccc2)nnc1-c1ccccc1Cl. The smallest absolute Gasteiger partial charge is 0.308 e. The van der Waals surface area contributed by atoms with Crippen LogP contribution in [-0.4, -0.2) is 32.5 Å². The molecule has 0 spiro atoms. The van der Waals surface area contributed by atoms with E-state index in [9.17, 15) is 9.59 Å². The predicted molar refractivity (Wildman–Crippen MR) is 110 cm³/mol. The lowest BCUT2D eigenvalue weighted by Crippen LogP contribution is -2.35. The van der Waals surface area contributed by atoms with E-state index in [0.717, 1.165) is 5.56 Å². The quantitative estimate of drug-likeness (QED) is 0.592. The fraction of sp³-hybridized carbons (Fsp3) is 0.158. The third-order valence-electron chi connectivity index (χ3n) is 3.76. The summed E-state index contributed by atoms with van der Waals surface area (Å²) < 4.78 is 1.88. The summed E-state index contributed by atoms with van der Waals surface area (Å²) in [6.07, 6.45) is 0. The number of benzene rings is 2. The Kier molecular flexibility index (Phi) is 6.67. The van der Waals surface area contributed by atoms with E-state index in [4.69, 9.17) is 11.6 Å². The molecule has 1 heterocycles. The van der Waals surface area contributed by atoms with Crippen LogP contribution in [0.25, 0.3) is 11.4 Å². The number of carbonyl (C=O) groups is 2. The maximum Gasteiger partial charge on any atom is 0.325 e. The minimum atomic E-state index is -0.578. The van der Waals surface area contributed by atoms with E-state index in [2.05, 4.69) is 20.8 Å². The predicted octanol–water partition coefficient (Wildman–Crippen LogP) is 4.06. The summed E-state index contributed by atoms with van der Waals surface area (Å²) in [5.41, 5.74) is 1.38. The highest BCUT2D eigenvalue weighted by molar-refractivity contribution is 7.99. The van der Waals surface area contributed by atoms with Crippen molar-refractivity contribution in [3.63, 3.8) is 0 Å². The molecule has 7 nitrogen and oxygen atoms in total. The van der Waals surface area contributed by atoms with E-state index in [-0.39, 0.29) is 5.75 Å². The molecule has 2 N–H and O–H groups in total. The normalized spacial score (nSPS) is 10.5. The average molecular weight is 416 g/mol. The van der Waals surface area contributed by atoms with Gasteiger partial charge in [0.1, 0.15) is 0 Å². The molecule has 28 heavy (non-hydrogen) atoms. The Morgan fingerprint density at radius 2 is 1.79 bits per heavy atom. The van der Waals surface area contributed by atoms with Crippen molar-refractivity contribution in [1.82, 2.24) is 20.1 Å². The second kappa shape index (κ2) is 9.38. The maximum absolute atomic E-state index is 12.1. The Morgan fingerprint density at radius 1 is 1.07 bits per heavy atom. The number of nitrogens with one attached hydrogen (secondary N) is 2. The van der Waals surface area contributed by atoms with Crippen molar-refractivity contribution in [2.45, 2.75) is 18.6 Å². The van der Waals surface area contributed by atoms with Gasteiger partial charge in [0.05, 0.1) is 10.8 Å². The van der Waals surface area contributed by atoms with E-state index < -0.39 is 11.9 Å². The number of thioether (sulfide) groups is 1. The Hall–Kier alpha value is -2.84. The second-order valence-electron chi connectivity index (χ2n) is 5.69. The number of anilines is 1. The van der Waals surface area contributed by atoms with Gasteiger partial charge in [-0.15, -0.1) is 10.2 Å². The molecule has 9 heteroatoms. The summed E-state index contributed by atoms with van der Waals surface area (Å²) in [6, 6.07) is 15.7. The number of rotatable bonds is 6. The first kappa shape index (κ1) is 19.9. The molecule has 0 aliphatic carbocycles. The highest BCUT2D eigenvalue weighted by atomic mass is 35.5. The van der Waals surface area contributed by atoms with Gasteiger partial charge in [-0.1, -0.05) is 53.7 Å². The van der Waals surface area contributed by atoms with E-state index in [1.165, 1.54) is 11.8 Å². The van der Waals surface area contributed by atoms with E-state index in [1.807, 2.05) is 35.8 Å². The van der Waals surface area contributed by atoms with Gasteiger partial charge < -0.3 is 9.88 Å². The zero-order valence-electron chi connectivity index (χ0n) is 15.1. The summed E-state index contributed by atoms with van der Waals surface area (Å²) in [7, 11) is 0. The van der Waals surface area contributed by atoms with Crippen molar-refractivity contribution in [1.29, 1.82) is 0 Å². The zero-order chi connectivity index (χ0) is 19.9. The molecule has 2 aromatic carbocycles. The molecule has 3 amide bonds. The van der Waals surface area contributed by atoms with Crippen LogP contribution < -0.4 is 10.6 Å². The number of hydrogen-bond acceptors (Lipinski definition) is 5. The van der Waals surface area contributed by atoms with Gasteiger partial charge in [0, 0.05) is 17.8 Å². The molecule has 3 rings (SSSR count). The third kappa shape index (κ3) is 4.90. The molecule has 0 atom stereocenters. The van der Waals surface area contributed by atoms with Crippen LogP contribution in [0.4, 0.5) is 10.5 Å². The van der Waals surface area contributed by atoms with Gasteiger partial charge in [-0.25, -0.2) is 4.79 Å². The van der Waals surface area contributed by atoms with Crippen molar-refractivity contribution in [2.24, 2.45) is 0 Å². The van der Waals surface area contributed by atoms with E-state index in [0.29, 0.717) is 28.2 Å². The zero-order valence-corrected chi connectivity index (χ0v) is 16.6. The van der Waals surface area contributed by atoms with Gasteiger partial charge in [0.15, 0.2) is 11.0 Å². The molecule has 0 radical (unpaired) electrons. The summed E-state index contributed by atoms with van der Waals surface area (Å²) in [5, 5.41) is 14.4. The van der Waals surface area contributed by atoms with E-state index in [1.54, 1.807) is 30.3 Å². The molecule has 0 fully saturated rings. The van der Waals surface area contributed by atoms with Crippen LogP contribution in [0.2, 0.25) is 5.02 Å². The monoisotopic (exact) mass is 415 g/mol. The molecular weight excluding hydrogens is 398 g/mol. The average Bonchev–Trinajstić information content (AvgIpc) is 3.10. The fourth-order valence-electron chi connectivity index (χ4n) is 2.50. The van der Waals surface area contributed by atoms with Crippen LogP contribution in [0.5, 0.6) is 0 Å². The number of amides is 3. The van der Waals surface area contributed by atoms with Gasteiger partial charge in [0.25, 0.3) is 0 Å². The topological polar surface area (TPSA) is 88.9 Å². The number of urea groups is 1. The van der Waals surface area contributed by atoms with Gasteiger partial charge in [0.2, 0.25) is 5.91 Å². The van der Waals surface area contributed by atoms with Gasteiger partial charge in [-0.2, -0.15) is 0 Å². The molecule has 0 unspecified atom stereocenters. The van der Waals surface area contributed by atoms with Crippen molar-refractivity contribution in [3.05, 3.63) is 59.6 Å². The van der Waals surface area contributed by atoms with Gasteiger partial charge in [-0.05, 0) is 31.2 Å². The molecule has 144 valence electrons. The van der Waals surface area contributed by atoms with Crippen molar-refractivity contribution in [3.8, 4) is 11.4 Å². The largest absolute Gasteiger partial charge is 0.325 e. The molecule has 0 bridgehead atoms. The number of hydrogen-bond donors (Lipinski definition) is 2. The van der Waals surface area contributed by atoms with Crippen LogP contribution in [0, 0.1) is 0 Å². The summed E-state index contributed by atoms with van der Waals surface area (Å²) >= 11 is 7.46. The third-order valence-corrected chi connectivity index (χ3v) is 5.06. The summed E-state index contributed by atoms with van der Waals surface area (Å²) in [5.74, 6) is 0.240. The highest BCUT2D eigenvalue weighted by Crippen LogP contribution is 2.29. The Morgan fingerprint density at radius 3 is 2.50 bits per heavy atom. The van der Waals surface area contributed by atoms with Crippen LogP contribution in [0.1, 0.15) is 6.92 Å².